The number of halogens is 1. The van der Waals surface area contributed by atoms with E-state index in [2.05, 4.69) is 53.4 Å². The van der Waals surface area contributed by atoms with Crippen molar-refractivity contribution in [1.29, 1.82) is 0 Å². The zero-order chi connectivity index (χ0) is 21.6. The van der Waals surface area contributed by atoms with Crippen molar-refractivity contribution in [2.24, 2.45) is 5.10 Å². The Balaban J connectivity index is 1.58. The Morgan fingerprint density at radius 1 is 1.06 bits per heavy atom. The molecule has 3 aromatic rings. The minimum atomic E-state index is 0.150. The number of hydrazone groups is 1. The molecule has 4 rings (SSSR count). The summed E-state index contributed by atoms with van der Waals surface area (Å²) >= 11 is 2.18. The predicted octanol–water partition coefficient (Wildman–Crippen LogP) is 3.52. The quantitative estimate of drug-likeness (QED) is 0.252. The monoisotopic (exact) mass is 531 g/mol. The maximum atomic E-state index is 9.98. The number of benzene rings is 2. The summed E-state index contributed by atoms with van der Waals surface area (Å²) in [7, 11) is 0. The lowest BCUT2D eigenvalue weighted by molar-refractivity contribution is 0.122. The standard InChI is InChI=1S/C21H22IN7O2/c1-14-2-5-17(6-3-14)24-19-25-20(27-21(26-19)29-8-10-31-11-9-29)28-23-13-15-12-16(22)4-7-18(15)30/h2-7,12-13,30H,8-11H2,1H3,(H2,24,25,26,27,28)/b23-13-. The molecule has 2 heterocycles. The van der Waals surface area contributed by atoms with E-state index in [9.17, 15) is 5.11 Å². The molecule has 0 atom stereocenters. The number of hydrogen-bond acceptors (Lipinski definition) is 9. The molecule has 0 radical (unpaired) electrons. The summed E-state index contributed by atoms with van der Waals surface area (Å²) in [6.45, 7) is 4.69. The molecule has 160 valence electrons. The number of aromatic hydroxyl groups is 1. The second-order valence-electron chi connectivity index (χ2n) is 6.95. The second kappa shape index (κ2) is 9.88. The van der Waals surface area contributed by atoms with E-state index >= 15 is 0 Å². The minimum absolute atomic E-state index is 0.150. The van der Waals surface area contributed by atoms with Gasteiger partial charge in [0.2, 0.25) is 17.8 Å². The van der Waals surface area contributed by atoms with Gasteiger partial charge in [0, 0.05) is 27.9 Å². The van der Waals surface area contributed by atoms with Crippen LogP contribution in [0.3, 0.4) is 0 Å². The number of anilines is 4. The number of aromatic nitrogens is 3. The van der Waals surface area contributed by atoms with Crippen molar-refractivity contribution in [2.45, 2.75) is 6.92 Å². The fourth-order valence-electron chi connectivity index (χ4n) is 2.93. The molecule has 0 spiro atoms. The molecule has 0 aliphatic carbocycles. The fraction of sp³-hybridized carbons (Fsp3) is 0.238. The highest BCUT2D eigenvalue weighted by atomic mass is 127. The van der Waals surface area contributed by atoms with Gasteiger partial charge in [-0.1, -0.05) is 17.7 Å². The van der Waals surface area contributed by atoms with Crippen molar-refractivity contribution in [3.05, 3.63) is 57.2 Å². The lowest BCUT2D eigenvalue weighted by Crippen LogP contribution is -2.37. The van der Waals surface area contributed by atoms with Crippen LogP contribution in [-0.4, -0.2) is 52.6 Å². The Morgan fingerprint density at radius 3 is 2.58 bits per heavy atom. The lowest BCUT2D eigenvalue weighted by atomic mass is 10.2. The van der Waals surface area contributed by atoms with E-state index in [1.807, 2.05) is 48.2 Å². The first-order valence-corrected chi connectivity index (χ1v) is 10.8. The van der Waals surface area contributed by atoms with Gasteiger partial charge in [-0.25, -0.2) is 5.43 Å². The topological polar surface area (TPSA) is 108 Å². The van der Waals surface area contributed by atoms with Crippen LogP contribution in [0.1, 0.15) is 11.1 Å². The molecule has 3 N–H and O–H groups in total. The molecule has 0 unspecified atom stereocenters. The second-order valence-corrected chi connectivity index (χ2v) is 8.19. The normalized spacial score (nSPS) is 14.1. The first kappa shape index (κ1) is 21.2. The molecular formula is C21H22IN7O2. The van der Waals surface area contributed by atoms with Gasteiger partial charge in [-0.05, 0) is 59.8 Å². The molecule has 2 aromatic carbocycles. The average Bonchev–Trinajstić information content (AvgIpc) is 2.78. The van der Waals surface area contributed by atoms with Crippen LogP contribution in [0, 0.1) is 10.5 Å². The van der Waals surface area contributed by atoms with E-state index in [1.165, 1.54) is 11.8 Å². The molecule has 10 heteroatoms. The summed E-state index contributed by atoms with van der Waals surface area (Å²) in [5.74, 6) is 1.41. The van der Waals surface area contributed by atoms with Gasteiger partial charge in [0.15, 0.2) is 0 Å². The number of nitrogens with one attached hydrogen (secondary N) is 2. The lowest BCUT2D eigenvalue weighted by Gasteiger charge is -2.27. The van der Waals surface area contributed by atoms with Crippen molar-refractivity contribution < 1.29 is 9.84 Å². The zero-order valence-electron chi connectivity index (χ0n) is 16.9. The Kier molecular flexibility index (Phi) is 6.77. The van der Waals surface area contributed by atoms with Gasteiger partial charge in [-0.3, -0.25) is 0 Å². The third-order valence-corrected chi connectivity index (χ3v) is 5.25. The van der Waals surface area contributed by atoms with E-state index in [-0.39, 0.29) is 5.75 Å². The summed E-state index contributed by atoms with van der Waals surface area (Å²) in [5.41, 5.74) is 5.50. The minimum Gasteiger partial charge on any atom is -0.507 e. The molecule has 0 bridgehead atoms. The molecule has 1 fully saturated rings. The van der Waals surface area contributed by atoms with E-state index in [0.717, 1.165) is 9.26 Å². The smallest absolute Gasteiger partial charge is 0.250 e. The summed E-state index contributed by atoms with van der Waals surface area (Å²) in [6, 6.07) is 13.3. The number of phenolic OH excluding ortho intramolecular Hbond substituents is 1. The summed E-state index contributed by atoms with van der Waals surface area (Å²) in [4.78, 5) is 15.6. The number of aryl methyl sites for hydroxylation is 1. The van der Waals surface area contributed by atoms with Crippen LogP contribution in [0.15, 0.2) is 47.6 Å². The largest absolute Gasteiger partial charge is 0.507 e. The number of ether oxygens (including phenoxy) is 1. The highest BCUT2D eigenvalue weighted by molar-refractivity contribution is 14.1. The van der Waals surface area contributed by atoms with E-state index in [1.54, 1.807) is 6.07 Å². The first-order valence-electron chi connectivity index (χ1n) is 9.77. The van der Waals surface area contributed by atoms with Gasteiger partial charge >= 0.3 is 0 Å². The van der Waals surface area contributed by atoms with Gasteiger partial charge in [0.25, 0.3) is 0 Å². The van der Waals surface area contributed by atoms with Crippen LogP contribution in [0.5, 0.6) is 5.75 Å². The van der Waals surface area contributed by atoms with Gasteiger partial charge in [-0.2, -0.15) is 20.1 Å². The van der Waals surface area contributed by atoms with Crippen LogP contribution in [0.2, 0.25) is 0 Å². The Hall–Kier alpha value is -2.99. The maximum absolute atomic E-state index is 9.98. The molecule has 0 amide bonds. The van der Waals surface area contributed by atoms with Crippen molar-refractivity contribution in [2.75, 3.05) is 41.9 Å². The molecular weight excluding hydrogens is 509 g/mol. The van der Waals surface area contributed by atoms with Crippen molar-refractivity contribution in [3.63, 3.8) is 0 Å². The van der Waals surface area contributed by atoms with Crippen molar-refractivity contribution in [3.8, 4) is 5.75 Å². The maximum Gasteiger partial charge on any atom is 0.250 e. The number of nitrogens with zero attached hydrogens (tertiary/aromatic N) is 5. The van der Waals surface area contributed by atoms with Gasteiger partial charge in [0.1, 0.15) is 5.75 Å². The van der Waals surface area contributed by atoms with Gasteiger partial charge in [0.05, 0.1) is 19.4 Å². The highest BCUT2D eigenvalue weighted by Crippen LogP contribution is 2.20. The predicted molar refractivity (Wildman–Crippen MR) is 129 cm³/mol. The molecule has 1 aromatic heterocycles. The Bertz CT molecular complexity index is 1070. The molecule has 1 saturated heterocycles. The number of phenols is 1. The van der Waals surface area contributed by atoms with E-state index < -0.39 is 0 Å². The molecule has 1 aliphatic rings. The number of morpholine rings is 1. The van der Waals surface area contributed by atoms with E-state index in [0.29, 0.717) is 49.7 Å². The summed E-state index contributed by atoms with van der Waals surface area (Å²) in [5, 5.41) is 17.4. The Morgan fingerprint density at radius 2 is 1.81 bits per heavy atom. The highest BCUT2D eigenvalue weighted by Gasteiger charge is 2.16. The van der Waals surface area contributed by atoms with Crippen molar-refractivity contribution in [1.82, 2.24) is 15.0 Å². The van der Waals surface area contributed by atoms with Gasteiger partial charge < -0.3 is 20.1 Å². The molecule has 9 nitrogen and oxygen atoms in total. The Labute approximate surface area is 193 Å². The summed E-state index contributed by atoms with van der Waals surface area (Å²) in [6.07, 6.45) is 1.53. The van der Waals surface area contributed by atoms with Crippen LogP contribution in [0.4, 0.5) is 23.5 Å². The number of rotatable bonds is 6. The number of hydrogen-bond donors (Lipinski definition) is 3. The third kappa shape index (κ3) is 5.79. The third-order valence-electron chi connectivity index (χ3n) is 4.58. The van der Waals surface area contributed by atoms with Crippen LogP contribution < -0.4 is 15.6 Å². The first-order chi connectivity index (χ1) is 15.1. The van der Waals surface area contributed by atoms with Gasteiger partial charge in [-0.15, -0.1) is 0 Å². The molecule has 1 aliphatic heterocycles. The SMILES string of the molecule is Cc1ccc(Nc2nc(N/N=C\c3cc(I)ccc3O)nc(N3CCOCC3)n2)cc1. The zero-order valence-corrected chi connectivity index (χ0v) is 19.1. The fourth-order valence-corrected chi connectivity index (χ4v) is 3.45. The average molecular weight is 531 g/mol. The van der Waals surface area contributed by atoms with E-state index in [4.69, 9.17) is 4.74 Å². The van der Waals surface area contributed by atoms with Crippen molar-refractivity contribution >= 4 is 52.3 Å². The van der Waals surface area contributed by atoms with Crippen LogP contribution in [-0.2, 0) is 4.74 Å². The van der Waals surface area contributed by atoms with Crippen LogP contribution in [0.25, 0.3) is 0 Å². The molecule has 0 saturated carbocycles. The molecule has 31 heavy (non-hydrogen) atoms. The summed E-state index contributed by atoms with van der Waals surface area (Å²) < 4.78 is 6.43. The van der Waals surface area contributed by atoms with Crippen LogP contribution >= 0.6 is 22.6 Å².